The van der Waals surface area contributed by atoms with Crippen LogP contribution in [0.1, 0.15) is 23.9 Å². The van der Waals surface area contributed by atoms with E-state index in [0.29, 0.717) is 16.7 Å². The molecular formula is C14H16Cl2N2O. The van der Waals surface area contributed by atoms with E-state index >= 15 is 0 Å². The zero-order valence-electron chi connectivity index (χ0n) is 11.2. The number of aryl methyl sites for hydroxylation is 3. The summed E-state index contributed by atoms with van der Waals surface area (Å²) in [5, 5.41) is 5.70. The molecule has 0 saturated carbocycles. The molecule has 0 aliphatic heterocycles. The number of halogens is 2. The van der Waals surface area contributed by atoms with E-state index in [0.717, 1.165) is 29.1 Å². The molecule has 0 aliphatic carbocycles. The quantitative estimate of drug-likeness (QED) is 0.847. The Kier molecular flexibility index (Phi) is 4.38. The van der Waals surface area contributed by atoms with Crippen molar-refractivity contribution < 1.29 is 4.74 Å². The van der Waals surface area contributed by atoms with E-state index < -0.39 is 0 Å². The monoisotopic (exact) mass is 298 g/mol. The van der Waals surface area contributed by atoms with Crippen molar-refractivity contribution in [2.24, 2.45) is 7.05 Å². The van der Waals surface area contributed by atoms with Gasteiger partial charge >= 0.3 is 0 Å². The minimum atomic E-state index is 0.378. The van der Waals surface area contributed by atoms with Crippen molar-refractivity contribution in [3.63, 3.8) is 0 Å². The lowest BCUT2D eigenvalue weighted by atomic mass is 10.2. The molecule has 2 rings (SSSR count). The fraction of sp³-hybridized carbons (Fsp3) is 0.357. The van der Waals surface area contributed by atoms with E-state index in [1.54, 1.807) is 4.68 Å². The van der Waals surface area contributed by atoms with E-state index in [4.69, 9.17) is 27.9 Å². The fourth-order valence-corrected chi connectivity index (χ4v) is 2.36. The Hall–Kier alpha value is -1.19. The van der Waals surface area contributed by atoms with Gasteiger partial charge in [0.25, 0.3) is 0 Å². The minimum absolute atomic E-state index is 0.378. The summed E-state index contributed by atoms with van der Waals surface area (Å²) in [6, 6.07) is 5.58. The SMILES string of the molecule is CCc1nn(C)c(COc2cc(Cl)ccc2C)c1Cl. The number of benzene rings is 1. The third-order valence-electron chi connectivity index (χ3n) is 3.02. The molecule has 1 aromatic carbocycles. The molecule has 0 unspecified atom stereocenters. The zero-order chi connectivity index (χ0) is 14.0. The number of hydrogen-bond donors (Lipinski definition) is 0. The summed E-state index contributed by atoms with van der Waals surface area (Å²) >= 11 is 12.2. The van der Waals surface area contributed by atoms with Gasteiger partial charge in [0.05, 0.1) is 16.4 Å². The van der Waals surface area contributed by atoms with Gasteiger partial charge in [0.2, 0.25) is 0 Å². The molecule has 102 valence electrons. The summed E-state index contributed by atoms with van der Waals surface area (Å²) in [6.07, 6.45) is 0.808. The van der Waals surface area contributed by atoms with Crippen LogP contribution in [0.3, 0.4) is 0 Å². The Morgan fingerprint density at radius 1 is 1.32 bits per heavy atom. The average molecular weight is 299 g/mol. The third kappa shape index (κ3) is 3.04. The lowest BCUT2D eigenvalue weighted by Gasteiger charge is -2.10. The predicted molar refractivity (Wildman–Crippen MR) is 78.1 cm³/mol. The highest BCUT2D eigenvalue weighted by molar-refractivity contribution is 6.32. The van der Waals surface area contributed by atoms with Gasteiger partial charge in [-0.05, 0) is 31.0 Å². The highest BCUT2D eigenvalue weighted by Gasteiger charge is 2.13. The maximum atomic E-state index is 6.28. The van der Waals surface area contributed by atoms with Gasteiger partial charge in [-0.1, -0.05) is 36.2 Å². The Labute approximate surface area is 123 Å². The van der Waals surface area contributed by atoms with Crippen molar-refractivity contribution in [2.45, 2.75) is 26.9 Å². The molecule has 0 aliphatic rings. The van der Waals surface area contributed by atoms with Gasteiger partial charge in [0, 0.05) is 12.1 Å². The van der Waals surface area contributed by atoms with E-state index in [1.807, 2.05) is 39.1 Å². The van der Waals surface area contributed by atoms with Crippen molar-refractivity contribution in [2.75, 3.05) is 0 Å². The van der Waals surface area contributed by atoms with Gasteiger partial charge < -0.3 is 4.74 Å². The van der Waals surface area contributed by atoms with Crippen molar-refractivity contribution >= 4 is 23.2 Å². The number of ether oxygens (including phenoxy) is 1. The van der Waals surface area contributed by atoms with Crippen LogP contribution in [-0.4, -0.2) is 9.78 Å². The maximum absolute atomic E-state index is 6.28. The first kappa shape index (κ1) is 14.2. The Morgan fingerprint density at radius 2 is 2.05 bits per heavy atom. The second-order valence-corrected chi connectivity index (χ2v) is 5.20. The Bertz CT molecular complexity index is 593. The van der Waals surface area contributed by atoms with Gasteiger partial charge in [0.1, 0.15) is 12.4 Å². The largest absolute Gasteiger partial charge is 0.487 e. The summed E-state index contributed by atoms with van der Waals surface area (Å²) in [4.78, 5) is 0. The molecule has 5 heteroatoms. The molecule has 0 spiro atoms. The average Bonchev–Trinajstić information content (AvgIpc) is 2.66. The smallest absolute Gasteiger partial charge is 0.131 e. The highest BCUT2D eigenvalue weighted by Crippen LogP contribution is 2.26. The second kappa shape index (κ2) is 5.85. The minimum Gasteiger partial charge on any atom is -0.487 e. The molecular weight excluding hydrogens is 283 g/mol. The molecule has 0 saturated heterocycles. The van der Waals surface area contributed by atoms with Crippen LogP contribution in [0.15, 0.2) is 18.2 Å². The molecule has 2 aromatic rings. The van der Waals surface area contributed by atoms with Crippen molar-refractivity contribution in [3.8, 4) is 5.75 Å². The van der Waals surface area contributed by atoms with Crippen LogP contribution >= 0.6 is 23.2 Å². The summed E-state index contributed by atoms with van der Waals surface area (Å²) in [5.74, 6) is 0.766. The number of nitrogens with zero attached hydrogens (tertiary/aromatic N) is 2. The Morgan fingerprint density at radius 3 is 2.68 bits per heavy atom. The van der Waals surface area contributed by atoms with Crippen LogP contribution in [0.4, 0.5) is 0 Å². The molecule has 0 fully saturated rings. The first-order valence-corrected chi connectivity index (χ1v) is 6.87. The normalized spacial score (nSPS) is 10.8. The highest BCUT2D eigenvalue weighted by atomic mass is 35.5. The zero-order valence-corrected chi connectivity index (χ0v) is 12.7. The van der Waals surface area contributed by atoms with E-state index in [1.165, 1.54) is 0 Å². The summed E-state index contributed by atoms with van der Waals surface area (Å²) in [5.41, 5.74) is 2.81. The maximum Gasteiger partial charge on any atom is 0.131 e. The van der Waals surface area contributed by atoms with Gasteiger partial charge in [-0.15, -0.1) is 0 Å². The van der Waals surface area contributed by atoms with E-state index in [-0.39, 0.29) is 0 Å². The molecule has 0 N–H and O–H groups in total. The van der Waals surface area contributed by atoms with E-state index in [9.17, 15) is 0 Å². The van der Waals surface area contributed by atoms with E-state index in [2.05, 4.69) is 5.10 Å². The first-order valence-electron chi connectivity index (χ1n) is 6.12. The van der Waals surface area contributed by atoms with Crippen molar-refractivity contribution in [1.82, 2.24) is 9.78 Å². The van der Waals surface area contributed by atoms with Gasteiger partial charge in [-0.2, -0.15) is 5.10 Å². The fourth-order valence-electron chi connectivity index (χ4n) is 1.85. The van der Waals surface area contributed by atoms with Crippen molar-refractivity contribution in [3.05, 3.63) is 45.2 Å². The molecule has 19 heavy (non-hydrogen) atoms. The molecule has 0 radical (unpaired) electrons. The Balaban J connectivity index is 2.19. The van der Waals surface area contributed by atoms with Crippen LogP contribution in [0, 0.1) is 6.92 Å². The standard InChI is InChI=1S/C14H16Cl2N2O/c1-4-11-14(16)12(18(3)17-11)8-19-13-7-10(15)6-5-9(13)2/h5-7H,4,8H2,1-3H3. The van der Waals surface area contributed by atoms with Crippen molar-refractivity contribution in [1.29, 1.82) is 0 Å². The summed E-state index contributed by atoms with van der Waals surface area (Å²) in [6.45, 7) is 4.39. The molecule has 3 nitrogen and oxygen atoms in total. The number of rotatable bonds is 4. The molecule has 0 bridgehead atoms. The molecule has 0 atom stereocenters. The van der Waals surface area contributed by atoms with Gasteiger partial charge in [-0.25, -0.2) is 0 Å². The van der Waals surface area contributed by atoms with Crippen LogP contribution < -0.4 is 4.74 Å². The third-order valence-corrected chi connectivity index (χ3v) is 3.69. The number of hydrogen-bond acceptors (Lipinski definition) is 2. The van der Waals surface area contributed by atoms with Crippen LogP contribution in [-0.2, 0) is 20.1 Å². The summed E-state index contributed by atoms with van der Waals surface area (Å²) in [7, 11) is 1.87. The molecule has 1 aromatic heterocycles. The topological polar surface area (TPSA) is 27.1 Å². The van der Waals surface area contributed by atoms with Gasteiger partial charge in [0.15, 0.2) is 0 Å². The van der Waals surface area contributed by atoms with Crippen LogP contribution in [0.5, 0.6) is 5.75 Å². The first-order chi connectivity index (χ1) is 9.02. The molecule has 1 heterocycles. The lowest BCUT2D eigenvalue weighted by Crippen LogP contribution is -2.04. The van der Waals surface area contributed by atoms with Gasteiger partial charge in [-0.3, -0.25) is 4.68 Å². The predicted octanol–water partition coefficient (Wildman–Crippen LogP) is 4.18. The van der Waals surface area contributed by atoms with Crippen LogP contribution in [0.2, 0.25) is 10.0 Å². The summed E-state index contributed by atoms with van der Waals surface area (Å²) < 4.78 is 7.56. The number of aromatic nitrogens is 2. The van der Waals surface area contributed by atoms with Crippen LogP contribution in [0.25, 0.3) is 0 Å². The lowest BCUT2D eigenvalue weighted by molar-refractivity contribution is 0.293. The second-order valence-electron chi connectivity index (χ2n) is 4.38. The molecule has 0 amide bonds.